The maximum absolute atomic E-state index is 11.1. The molecular formula is C17H26N4O. The van der Waals surface area contributed by atoms with Crippen molar-refractivity contribution in [2.75, 3.05) is 26.0 Å². The molecule has 5 nitrogen and oxygen atoms in total. The lowest BCUT2D eigenvalue weighted by Gasteiger charge is -2.22. The van der Waals surface area contributed by atoms with Gasteiger partial charge in [-0.2, -0.15) is 0 Å². The van der Waals surface area contributed by atoms with Gasteiger partial charge in [0.05, 0.1) is 0 Å². The summed E-state index contributed by atoms with van der Waals surface area (Å²) in [6.07, 6.45) is 3.98. The molecule has 0 aromatic heterocycles. The van der Waals surface area contributed by atoms with Crippen LogP contribution in [0, 0.1) is 0 Å². The van der Waals surface area contributed by atoms with Gasteiger partial charge >= 0.3 is 0 Å². The van der Waals surface area contributed by atoms with Gasteiger partial charge in [-0.05, 0) is 30.5 Å². The predicted molar refractivity (Wildman–Crippen MR) is 93.0 cm³/mol. The Morgan fingerprint density at radius 3 is 2.86 bits per heavy atom. The number of allylic oxidation sites excluding steroid dienone is 1. The van der Waals surface area contributed by atoms with Crippen LogP contribution in [-0.2, 0) is 11.3 Å². The molecular weight excluding hydrogens is 276 g/mol. The van der Waals surface area contributed by atoms with Crippen LogP contribution in [0.25, 0.3) is 0 Å². The first kappa shape index (κ1) is 17.8. The van der Waals surface area contributed by atoms with Gasteiger partial charge in [0, 0.05) is 39.8 Å². The Hall–Kier alpha value is -2.30. The van der Waals surface area contributed by atoms with E-state index in [9.17, 15) is 4.79 Å². The van der Waals surface area contributed by atoms with E-state index >= 15 is 0 Å². The highest BCUT2D eigenvalue weighted by atomic mass is 16.1. The topological polar surface area (TPSA) is 56.7 Å². The van der Waals surface area contributed by atoms with Crippen LogP contribution in [0.15, 0.2) is 41.9 Å². The molecule has 0 unspecified atom stereocenters. The summed E-state index contributed by atoms with van der Waals surface area (Å²) in [5.41, 5.74) is 1.90. The summed E-state index contributed by atoms with van der Waals surface area (Å²) in [5.74, 6) is 0.789. The summed E-state index contributed by atoms with van der Waals surface area (Å²) in [7, 11) is 3.80. The van der Waals surface area contributed by atoms with Crippen LogP contribution in [0.2, 0.25) is 0 Å². The lowest BCUT2D eigenvalue weighted by Crippen LogP contribution is -2.38. The largest absolute Gasteiger partial charge is 0.352 e. The SMILES string of the molecule is C=CCCCN(C)C(=NC)NCc1cccc(NC(C)=O)c1. The summed E-state index contributed by atoms with van der Waals surface area (Å²) in [6, 6.07) is 7.78. The molecule has 0 saturated heterocycles. The molecule has 0 spiro atoms. The van der Waals surface area contributed by atoms with E-state index in [0.29, 0.717) is 6.54 Å². The van der Waals surface area contributed by atoms with Crippen LogP contribution in [0.1, 0.15) is 25.3 Å². The van der Waals surface area contributed by atoms with E-state index in [2.05, 4.69) is 27.1 Å². The zero-order valence-electron chi connectivity index (χ0n) is 13.7. The molecule has 22 heavy (non-hydrogen) atoms. The summed E-state index contributed by atoms with van der Waals surface area (Å²) in [6.45, 7) is 6.82. The Morgan fingerprint density at radius 1 is 1.45 bits per heavy atom. The molecule has 1 amide bonds. The fraction of sp³-hybridized carbons (Fsp3) is 0.412. The number of hydrogen-bond acceptors (Lipinski definition) is 2. The molecule has 0 heterocycles. The Kier molecular flexibility index (Phi) is 7.75. The van der Waals surface area contributed by atoms with E-state index < -0.39 is 0 Å². The third-order valence-electron chi connectivity index (χ3n) is 3.17. The van der Waals surface area contributed by atoms with E-state index in [1.165, 1.54) is 6.92 Å². The van der Waals surface area contributed by atoms with Crippen molar-refractivity contribution in [3.63, 3.8) is 0 Å². The molecule has 5 heteroatoms. The van der Waals surface area contributed by atoms with Gasteiger partial charge in [-0.15, -0.1) is 6.58 Å². The van der Waals surface area contributed by atoms with Gasteiger partial charge in [-0.25, -0.2) is 0 Å². The van der Waals surface area contributed by atoms with Gasteiger partial charge in [-0.3, -0.25) is 9.79 Å². The molecule has 0 aliphatic heterocycles. The van der Waals surface area contributed by atoms with Crippen molar-refractivity contribution in [3.05, 3.63) is 42.5 Å². The first-order valence-electron chi connectivity index (χ1n) is 7.46. The van der Waals surface area contributed by atoms with E-state index in [1.54, 1.807) is 7.05 Å². The quantitative estimate of drug-likeness (QED) is 0.352. The molecule has 120 valence electrons. The predicted octanol–water partition coefficient (Wildman–Crippen LogP) is 2.62. The standard InChI is InChI=1S/C17H26N4O/c1-5-6-7-11-21(4)17(18-3)19-13-15-9-8-10-16(12-15)20-14(2)22/h5,8-10,12H,1,6-7,11,13H2,2-4H3,(H,18,19)(H,20,22). The number of anilines is 1. The highest BCUT2D eigenvalue weighted by molar-refractivity contribution is 5.88. The van der Waals surface area contributed by atoms with Crippen molar-refractivity contribution >= 4 is 17.6 Å². The molecule has 0 bridgehead atoms. The fourth-order valence-electron chi connectivity index (χ4n) is 2.11. The normalized spacial score (nSPS) is 11.0. The second-order valence-corrected chi connectivity index (χ2v) is 5.13. The van der Waals surface area contributed by atoms with E-state index in [1.807, 2.05) is 37.4 Å². The average molecular weight is 302 g/mol. The van der Waals surface area contributed by atoms with E-state index in [4.69, 9.17) is 0 Å². The molecule has 0 aliphatic rings. The molecule has 1 aromatic rings. The Bertz CT molecular complexity index is 525. The number of nitrogens with zero attached hydrogens (tertiary/aromatic N) is 2. The maximum atomic E-state index is 11.1. The van der Waals surface area contributed by atoms with Crippen molar-refractivity contribution < 1.29 is 4.79 Å². The van der Waals surface area contributed by atoms with Crippen LogP contribution in [0.5, 0.6) is 0 Å². The van der Waals surface area contributed by atoms with Crippen LogP contribution in [-0.4, -0.2) is 37.4 Å². The first-order chi connectivity index (χ1) is 10.6. The molecule has 1 aromatic carbocycles. The number of benzene rings is 1. The summed E-state index contributed by atoms with van der Waals surface area (Å²) < 4.78 is 0. The monoisotopic (exact) mass is 302 g/mol. The third kappa shape index (κ3) is 6.43. The lowest BCUT2D eigenvalue weighted by molar-refractivity contribution is -0.114. The highest BCUT2D eigenvalue weighted by Gasteiger charge is 2.05. The lowest BCUT2D eigenvalue weighted by atomic mass is 10.2. The zero-order valence-corrected chi connectivity index (χ0v) is 13.7. The molecule has 1 rings (SSSR count). The minimum atomic E-state index is -0.0668. The van der Waals surface area contributed by atoms with Crippen molar-refractivity contribution in [2.45, 2.75) is 26.3 Å². The highest BCUT2D eigenvalue weighted by Crippen LogP contribution is 2.10. The van der Waals surface area contributed by atoms with E-state index in [-0.39, 0.29) is 5.91 Å². The van der Waals surface area contributed by atoms with Gasteiger partial charge in [0.25, 0.3) is 0 Å². The minimum absolute atomic E-state index is 0.0668. The molecule has 0 saturated carbocycles. The number of carbonyl (C=O) groups is 1. The number of unbranched alkanes of at least 4 members (excludes halogenated alkanes) is 1. The van der Waals surface area contributed by atoms with Crippen LogP contribution in [0.3, 0.4) is 0 Å². The molecule has 0 fully saturated rings. The molecule has 0 radical (unpaired) electrons. The minimum Gasteiger partial charge on any atom is -0.352 e. The number of carbonyl (C=O) groups excluding carboxylic acids is 1. The van der Waals surface area contributed by atoms with Crippen molar-refractivity contribution in [1.82, 2.24) is 10.2 Å². The second kappa shape index (κ2) is 9.60. The molecule has 2 N–H and O–H groups in total. The number of guanidine groups is 1. The number of rotatable bonds is 7. The maximum Gasteiger partial charge on any atom is 0.221 e. The number of hydrogen-bond donors (Lipinski definition) is 2. The molecule has 0 atom stereocenters. The number of aliphatic imine (C=N–C) groups is 1. The van der Waals surface area contributed by atoms with Crippen molar-refractivity contribution in [2.24, 2.45) is 4.99 Å². The second-order valence-electron chi connectivity index (χ2n) is 5.13. The van der Waals surface area contributed by atoms with Crippen LogP contribution < -0.4 is 10.6 Å². The summed E-state index contributed by atoms with van der Waals surface area (Å²) in [4.78, 5) is 17.5. The first-order valence-corrected chi connectivity index (χ1v) is 7.46. The van der Waals surface area contributed by atoms with Crippen molar-refractivity contribution in [1.29, 1.82) is 0 Å². The third-order valence-corrected chi connectivity index (χ3v) is 3.17. The Labute approximate surface area is 133 Å². The van der Waals surface area contributed by atoms with Crippen LogP contribution >= 0.6 is 0 Å². The van der Waals surface area contributed by atoms with E-state index in [0.717, 1.165) is 36.6 Å². The fourth-order valence-corrected chi connectivity index (χ4v) is 2.11. The van der Waals surface area contributed by atoms with Gasteiger partial charge < -0.3 is 15.5 Å². The van der Waals surface area contributed by atoms with Gasteiger partial charge in [0.1, 0.15) is 0 Å². The molecule has 0 aliphatic carbocycles. The summed E-state index contributed by atoms with van der Waals surface area (Å²) >= 11 is 0. The average Bonchev–Trinajstić information content (AvgIpc) is 2.48. The van der Waals surface area contributed by atoms with Crippen LogP contribution in [0.4, 0.5) is 5.69 Å². The smallest absolute Gasteiger partial charge is 0.221 e. The Morgan fingerprint density at radius 2 is 2.23 bits per heavy atom. The Balaban J connectivity index is 2.55. The van der Waals surface area contributed by atoms with Gasteiger partial charge in [0.15, 0.2) is 5.96 Å². The van der Waals surface area contributed by atoms with Gasteiger partial charge in [0.2, 0.25) is 5.91 Å². The summed E-state index contributed by atoms with van der Waals surface area (Å²) in [5, 5.41) is 6.12. The number of amides is 1. The zero-order chi connectivity index (χ0) is 16.4. The van der Waals surface area contributed by atoms with Gasteiger partial charge in [-0.1, -0.05) is 18.2 Å². The number of nitrogens with one attached hydrogen (secondary N) is 2. The van der Waals surface area contributed by atoms with Crippen molar-refractivity contribution in [3.8, 4) is 0 Å².